The first kappa shape index (κ1) is 15.9. The summed E-state index contributed by atoms with van der Waals surface area (Å²) in [6, 6.07) is 8.45. The van der Waals surface area contributed by atoms with Crippen molar-refractivity contribution in [2.75, 3.05) is 39.3 Å². The number of carbonyl (C=O) groups is 1. The van der Waals surface area contributed by atoms with Crippen molar-refractivity contribution in [2.24, 2.45) is 5.73 Å². The van der Waals surface area contributed by atoms with E-state index in [0.29, 0.717) is 6.54 Å². The van der Waals surface area contributed by atoms with E-state index >= 15 is 0 Å². The van der Waals surface area contributed by atoms with E-state index in [-0.39, 0.29) is 12.5 Å². The summed E-state index contributed by atoms with van der Waals surface area (Å²) in [6.45, 7) is 9.58. The lowest BCUT2D eigenvalue weighted by molar-refractivity contribution is -0.119. The van der Waals surface area contributed by atoms with E-state index in [0.717, 1.165) is 31.7 Å². The van der Waals surface area contributed by atoms with Crippen LogP contribution in [-0.4, -0.2) is 55.0 Å². The van der Waals surface area contributed by atoms with E-state index in [4.69, 9.17) is 5.73 Å². The minimum Gasteiger partial charge on any atom is -0.351 e. The third-order valence-corrected chi connectivity index (χ3v) is 4.02. The summed E-state index contributed by atoms with van der Waals surface area (Å²) in [5, 5.41) is 2.78. The largest absolute Gasteiger partial charge is 0.351 e. The molecule has 1 aromatic rings. The number of hydrogen-bond acceptors (Lipinski definition) is 4. The summed E-state index contributed by atoms with van der Waals surface area (Å²) in [5.41, 5.74) is 7.70. The van der Waals surface area contributed by atoms with Crippen molar-refractivity contribution in [2.45, 2.75) is 20.0 Å². The lowest BCUT2D eigenvalue weighted by Crippen LogP contribution is -2.45. The molecule has 0 saturated carbocycles. The molecule has 0 aliphatic carbocycles. The molecule has 116 valence electrons. The number of piperazine rings is 1. The molecular formula is C16H26N4O. The van der Waals surface area contributed by atoms with Crippen molar-refractivity contribution >= 4 is 5.91 Å². The first-order valence-electron chi connectivity index (χ1n) is 7.70. The molecule has 1 aliphatic rings. The van der Waals surface area contributed by atoms with E-state index in [1.165, 1.54) is 18.7 Å². The van der Waals surface area contributed by atoms with Crippen LogP contribution in [0, 0.1) is 0 Å². The van der Waals surface area contributed by atoms with Crippen LogP contribution in [-0.2, 0) is 17.9 Å². The van der Waals surface area contributed by atoms with Crippen LogP contribution >= 0.6 is 0 Å². The number of nitrogens with zero attached hydrogens (tertiary/aromatic N) is 2. The zero-order valence-electron chi connectivity index (χ0n) is 12.8. The Kier molecular flexibility index (Phi) is 6.17. The summed E-state index contributed by atoms with van der Waals surface area (Å²) >= 11 is 0. The third kappa shape index (κ3) is 5.12. The molecule has 21 heavy (non-hydrogen) atoms. The van der Waals surface area contributed by atoms with E-state index < -0.39 is 0 Å². The molecule has 5 nitrogen and oxygen atoms in total. The summed E-state index contributed by atoms with van der Waals surface area (Å²) in [5.74, 6) is -0.118. The van der Waals surface area contributed by atoms with Gasteiger partial charge in [-0.3, -0.25) is 9.69 Å². The number of amides is 1. The number of likely N-dealkylation sites (N-methyl/N-ethyl adjacent to an activating group) is 1. The molecule has 0 spiro atoms. The number of rotatable bonds is 6. The highest BCUT2D eigenvalue weighted by Crippen LogP contribution is 2.10. The number of hydrogen-bond donors (Lipinski definition) is 2. The van der Waals surface area contributed by atoms with Gasteiger partial charge in [0, 0.05) is 39.3 Å². The van der Waals surface area contributed by atoms with E-state index in [9.17, 15) is 4.79 Å². The topological polar surface area (TPSA) is 61.6 Å². The highest BCUT2D eigenvalue weighted by atomic mass is 16.1. The molecule has 0 unspecified atom stereocenters. The molecule has 2 rings (SSSR count). The van der Waals surface area contributed by atoms with Gasteiger partial charge < -0.3 is 16.0 Å². The molecule has 3 N–H and O–H groups in total. The normalized spacial score (nSPS) is 16.9. The van der Waals surface area contributed by atoms with Gasteiger partial charge in [0.15, 0.2) is 0 Å². The maximum absolute atomic E-state index is 11.1. The van der Waals surface area contributed by atoms with Crippen LogP contribution in [0.4, 0.5) is 0 Å². The predicted molar refractivity (Wildman–Crippen MR) is 84.7 cm³/mol. The van der Waals surface area contributed by atoms with Crippen LogP contribution in [0.3, 0.4) is 0 Å². The SMILES string of the molecule is CCN1CCN(Cc2ccc(CNC(=O)CN)cc2)CC1. The second-order valence-electron chi connectivity index (χ2n) is 5.51. The minimum atomic E-state index is -0.118. The average Bonchev–Trinajstić information content (AvgIpc) is 2.54. The molecule has 5 heteroatoms. The van der Waals surface area contributed by atoms with Crippen LogP contribution in [0.5, 0.6) is 0 Å². The Balaban J connectivity index is 1.78. The number of benzene rings is 1. The molecule has 1 aliphatic heterocycles. The monoisotopic (exact) mass is 290 g/mol. The van der Waals surface area contributed by atoms with Gasteiger partial charge in [-0.15, -0.1) is 0 Å². The van der Waals surface area contributed by atoms with Crippen molar-refractivity contribution in [3.8, 4) is 0 Å². The Hall–Kier alpha value is -1.43. The fourth-order valence-corrected chi connectivity index (χ4v) is 2.56. The molecule has 0 radical (unpaired) electrons. The van der Waals surface area contributed by atoms with Gasteiger partial charge in [0.1, 0.15) is 0 Å². The number of nitrogens with two attached hydrogens (primary N) is 1. The Labute approximate surface area is 127 Å². The second kappa shape index (κ2) is 8.12. The van der Waals surface area contributed by atoms with Gasteiger partial charge in [-0.2, -0.15) is 0 Å². The van der Waals surface area contributed by atoms with Gasteiger partial charge >= 0.3 is 0 Å². The maximum atomic E-state index is 11.1. The lowest BCUT2D eigenvalue weighted by atomic mass is 10.1. The van der Waals surface area contributed by atoms with E-state index in [1.54, 1.807) is 0 Å². The Morgan fingerprint density at radius 1 is 1.10 bits per heavy atom. The molecule has 0 aromatic heterocycles. The van der Waals surface area contributed by atoms with Gasteiger partial charge in [-0.1, -0.05) is 31.2 Å². The minimum absolute atomic E-state index is 0.0435. The van der Waals surface area contributed by atoms with Gasteiger partial charge in [-0.25, -0.2) is 0 Å². The number of carbonyl (C=O) groups excluding carboxylic acids is 1. The second-order valence-corrected chi connectivity index (χ2v) is 5.51. The summed E-state index contributed by atoms with van der Waals surface area (Å²) < 4.78 is 0. The van der Waals surface area contributed by atoms with Crippen LogP contribution in [0.2, 0.25) is 0 Å². The van der Waals surface area contributed by atoms with Crippen molar-refractivity contribution in [1.29, 1.82) is 0 Å². The van der Waals surface area contributed by atoms with Crippen LogP contribution < -0.4 is 11.1 Å². The van der Waals surface area contributed by atoms with Crippen molar-refractivity contribution in [1.82, 2.24) is 15.1 Å². The maximum Gasteiger partial charge on any atom is 0.234 e. The molecular weight excluding hydrogens is 264 g/mol. The smallest absolute Gasteiger partial charge is 0.234 e. The lowest BCUT2D eigenvalue weighted by Gasteiger charge is -2.34. The van der Waals surface area contributed by atoms with Crippen molar-refractivity contribution < 1.29 is 4.79 Å². The number of nitrogens with one attached hydrogen (secondary N) is 1. The molecule has 1 heterocycles. The van der Waals surface area contributed by atoms with Crippen LogP contribution in [0.15, 0.2) is 24.3 Å². The Morgan fingerprint density at radius 2 is 1.67 bits per heavy atom. The molecule has 1 saturated heterocycles. The van der Waals surface area contributed by atoms with Gasteiger partial charge in [-0.05, 0) is 17.7 Å². The molecule has 0 bridgehead atoms. The van der Waals surface area contributed by atoms with Gasteiger partial charge in [0.05, 0.1) is 6.54 Å². The third-order valence-electron chi connectivity index (χ3n) is 4.02. The highest BCUT2D eigenvalue weighted by Gasteiger charge is 2.15. The summed E-state index contributed by atoms with van der Waals surface area (Å²) in [7, 11) is 0. The Morgan fingerprint density at radius 3 is 2.24 bits per heavy atom. The zero-order valence-corrected chi connectivity index (χ0v) is 12.8. The fraction of sp³-hybridized carbons (Fsp3) is 0.562. The zero-order chi connectivity index (χ0) is 15.1. The highest BCUT2D eigenvalue weighted by molar-refractivity contribution is 5.77. The van der Waals surface area contributed by atoms with Gasteiger partial charge in [0.2, 0.25) is 5.91 Å². The fourth-order valence-electron chi connectivity index (χ4n) is 2.56. The standard InChI is InChI=1S/C16H26N4O/c1-2-19-7-9-20(10-8-19)13-15-5-3-14(4-6-15)12-18-16(21)11-17/h3-6H,2,7-13,17H2,1H3,(H,18,21). The van der Waals surface area contributed by atoms with Crippen molar-refractivity contribution in [3.05, 3.63) is 35.4 Å². The van der Waals surface area contributed by atoms with E-state index in [2.05, 4.69) is 46.3 Å². The molecule has 1 amide bonds. The Bertz CT molecular complexity index is 438. The summed E-state index contributed by atoms with van der Waals surface area (Å²) in [6.07, 6.45) is 0. The van der Waals surface area contributed by atoms with Gasteiger partial charge in [0.25, 0.3) is 0 Å². The van der Waals surface area contributed by atoms with Crippen LogP contribution in [0.1, 0.15) is 18.1 Å². The molecule has 0 atom stereocenters. The van der Waals surface area contributed by atoms with Crippen LogP contribution in [0.25, 0.3) is 0 Å². The predicted octanol–water partition coefficient (Wildman–Crippen LogP) is 0.399. The first-order valence-corrected chi connectivity index (χ1v) is 7.70. The molecule has 1 aromatic carbocycles. The average molecular weight is 290 g/mol. The molecule has 1 fully saturated rings. The quantitative estimate of drug-likeness (QED) is 0.796. The summed E-state index contributed by atoms with van der Waals surface area (Å²) in [4.78, 5) is 16.1. The van der Waals surface area contributed by atoms with E-state index in [1.807, 2.05) is 0 Å². The van der Waals surface area contributed by atoms with Crippen molar-refractivity contribution in [3.63, 3.8) is 0 Å². The first-order chi connectivity index (χ1) is 10.2.